The zero-order chi connectivity index (χ0) is 13.5. The molecular formula is C17H11NO2. The van der Waals surface area contributed by atoms with Gasteiger partial charge in [0, 0.05) is 28.7 Å². The maximum atomic E-state index is 11.3. The van der Waals surface area contributed by atoms with Crippen LogP contribution in [0.25, 0.3) is 27.6 Å². The third-order valence-corrected chi connectivity index (χ3v) is 3.48. The van der Waals surface area contributed by atoms with Crippen molar-refractivity contribution in [2.75, 3.05) is 0 Å². The molecule has 0 saturated heterocycles. The van der Waals surface area contributed by atoms with E-state index >= 15 is 0 Å². The summed E-state index contributed by atoms with van der Waals surface area (Å²) < 4.78 is 7.37. The molecule has 3 heteroatoms. The van der Waals surface area contributed by atoms with E-state index in [0.717, 1.165) is 22.0 Å². The molecule has 0 spiro atoms. The number of rotatable bonds is 1. The first kappa shape index (κ1) is 11.1. The Kier molecular flexibility index (Phi) is 2.27. The molecule has 3 nitrogen and oxygen atoms in total. The van der Waals surface area contributed by atoms with Crippen LogP contribution in [0.5, 0.6) is 0 Å². The fourth-order valence-corrected chi connectivity index (χ4v) is 2.59. The van der Waals surface area contributed by atoms with Gasteiger partial charge in [-0.1, -0.05) is 18.2 Å². The first-order valence-electron chi connectivity index (χ1n) is 6.42. The molecule has 2 aromatic heterocycles. The van der Waals surface area contributed by atoms with Crippen LogP contribution in [0.15, 0.2) is 76.1 Å². The Bertz CT molecular complexity index is 965. The second-order valence-electron chi connectivity index (χ2n) is 4.69. The molecule has 2 heterocycles. The molecular weight excluding hydrogens is 250 g/mol. The van der Waals surface area contributed by atoms with E-state index in [4.69, 9.17) is 4.42 Å². The predicted molar refractivity (Wildman–Crippen MR) is 79.3 cm³/mol. The van der Waals surface area contributed by atoms with Gasteiger partial charge in [-0.05, 0) is 36.4 Å². The first-order valence-corrected chi connectivity index (χ1v) is 6.42. The van der Waals surface area contributed by atoms with Crippen molar-refractivity contribution in [2.24, 2.45) is 0 Å². The largest absolute Gasteiger partial charge is 0.423 e. The summed E-state index contributed by atoms with van der Waals surface area (Å²) in [4.78, 5) is 11.3. The minimum atomic E-state index is -0.324. The Labute approximate surface area is 114 Å². The van der Waals surface area contributed by atoms with Crippen LogP contribution in [0, 0.1) is 0 Å². The molecule has 96 valence electrons. The molecule has 0 atom stereocenters. The first-order chi connectivity index (χ1) is 9.83. The average Bonchev–Trinajstić information content (AvgIpc) is 2.92. The van der Waals surface area contributed by atoms with E-state index in [1.54, 1.807) is 0 Å². The monoisotopic (exact) mass is 261 g/mol. The quantitative estimate of drug-likeness (QED) is 0.489. The van der Waals surface area contributed by atoms with Gasteiger partial charge in [0.15, 0.2) is 0 Å². The maximum Gasteiger partial charge on any atom is 0.336 e. The summed E-state index contributed by atoms with van der Waals surface area (Å²) in [7, 11) is 0. The molecule has 0 aliphatic carbocycles. The van der Waals surface area contributed by atoms with E-state index in [0.29, 0.717) is 5.58 Å². The van der Waals surface area contributed by atoms with Crippen LogP contribution in [0.2, 0.25) is 0 Å². The summed E-state index contributed by atoms with van der Waals surface area (Å²) in [5.74, 6) is 0. The van der Waals surface area contributed by atoms with Gasteiger partial charge in [0.25, 0.3) is 0 Å². The molecule has 0 fully saturated rings. The lowest BCUT2D eigenvalue weighted by Crippen LogP contribution is -1.96. The standard InChI is InChI=1S/C17H11NO2/c19-16-9-7-14-15(20-16)8-6-12-10-11-18(17(12)14)13-4-2-1-3-5-13/h1-11H. The summed E-state index contributed by atoms with van der Waals surface area (Å²) in [6.45, 7) is 0. The summed E-state index contributed by atoms with van der Waals surface area (Å²) in [5.41, 5.74) is 2.43. The van der Waals surface area contributed by atoms with E-state index in [9.17, 15) is 4.79 Å². The van der Waals surface area contributed by atoms with Crippen molar-refractivity contribution in [2.45, 2.75) is 0 Å². The van der Waals surface area contributed by atoms with Crippen molar-refractivity contribution in [1.82, 2.24) is 4.57 Å². The number of hydrogen-bond donors (Lipinski definition) is 0. The number of fused-ring (bicyclic) bond motifs is 3. The van der Waals surface area contributed by atoms with Crippen molar-refractivity contribution in [3.8, 4) is 5.69 Å². The Morgan fingerprint density at radius 1 is 0.850 bits per heavy atom. The molecule has 0 bridgehead atoms. The summed E-state index contributed by atoms with van der Waals surface area (Å²) >= 11 is 0. The number of aromatic nitrogens is 1. The highest BCUT2D eigenvalue weighted by atomic mass is 16.4. The van der Waals surface area contributed by atoms with E-state index in [1.165, 1.54) is 6.07 Å². The van der Waals surface area contributed by atoms with Gasteiger partial charge < -0.3 is 8.98 Å². The zero-order valence-corrected chi connectivity index (χ0v) is 10.6. The molecule has 0 unspecified atom stereocenters. The molecule has 0 aliphatic rings. The number of hydrogen-bond acceptors (Lipinski definition) is 2. The summed E-state index contributed by atoms with van der Waals surface area (Å²) in [5, 5.41) is 2.06. The van der Waals surface area contributed by atoms with Crippen LogP contribution in [0.3, 0.4) is 0 Å². The SMILES string of the molecule is O=c1ccc2c(ccc3ccn(-c4ccccc4)c32)o1. The topological polar surface area (TPSA) is 35.1 Å². The Morgan fingerprint density at radius 3 is 2.55 bits per heavy atom. The predicted octanol–water partition coefficient (Wildman–Crippen LogP) is 3.74. The minimum Gasteiger partial charge on any atom is -0.423 e. The van der Waals surface area contributed by atoms with Crippen LogP contribution in [-0.2, 0) is 0 Å². The fourth-order valence-electron chi connectivity index (χ4n) is 2.59. The van der Waals surface area contributed by atoms with Gasteiger partial charge in [-0.15, -0.1) is 0 Å². The van der Waals surface area contributed by atoms with E-state index in [1.807, 2.05) is 42.6 Å². The molecule has 0 aliphatic heterocycles. The van der Waals surface area contributed by atoms with E-state index in [2.05, 4.69) is 22.8 Å². The third-order valence-electron chi connectivity index (χ3n) is 3.48. The smallest absolute Gasteiger partial charge is 0.336 e. The number of nitrogens with zero attached hydrogens (tertiary/aromatic N) is 1. The van der Waals surface area contributed by atoms with Gasteiger partial charge in [0.2, 0.25) is 0 Å². The highest BCUT2D eigenvalue weighted by Crippen LogP contribution is 2.27. The van der Waals surface area contributed by atoms with Crippen LogP contribution in [-0.4, -0.2) is 4.57 Å². The Hall–Kier alpha value is -2.81. The molecule has 2 aromatic carbocycles. The van der Waals surface area contributed by atoms with Crippen molar-refractivity contribution >= 4 is 21.9 Å². The van der Waals surface area contributed by atoms with Gasteiger partial charge in [-0.2, -0.15) is 0 Å². The number of para-hydroxylation sites is 1. The Balaban J connectivity index is 2.16. The highest BCUT2D eigenvalue weighted by molar-refractivity contribution is 6.04. The zero-order valence-electron chi connectivity index (χ0n) is 10.6. The molecule has 4 rings (SSSR count). The van der Waals surface area contributed by atoms with Crippen molar-refractivity contribution in [1.29, 1.82) is 0 Å². The molecule has 0 N–H and O–H groups in total. The van der Waals surface area contributed by atoms with Gasteiger partial charge >= 0.3 is 5.63 Å². The van der Waals surface area contributed by atoms with Crippen LogP contribution in [0.4, 0.5) is 0 Å². The van der Waals surface area contributed by atoms with Gasteiger partial charge in [-0.25, -0.2) is 4.79 Å². The summed E-state index contributed by atoms with van der Waals surface area (Å²) in [6.07, 6.45) is 2.03. The van der Waals surface area contributed by atoms with Gasteiger partial charge in [0.1, 0.15) is 5.58 Å². The van der Waals surface area contributed by atoms with Gasteiger partial charge in [-0.3, -0.25) is 0 Å². The molecule has 0 saturated carbocycles. The van der Waals surface area contributed by atoms with Crippen LogP contribution in [0.1, 0.15) is 0 Å². The lowest BCUT2D eigenvalue weighted by Gasteiger charge is -2.07. The third kappa shape index (κ3) is 1.57. The van der Waals surface area contributed by atoms with E-state index < -0.39 is 0 Å². The molecule has 4 aromatic rings. The van der Waals surface area contributed by atoms with Crippen LogP contribution >= 0.6 is 0 Å². The second-order valence-corrected chi connectivity index (χ2v) is 4.69. The second kappa shape index (κ2) is 4.10. The maximum absolute atomic E-state index is 11.3. The Morgan fingerprint density at radius 2 is 1.70 bits per heavy atom. The van der Waals surface area contributed by atoms with Crippen molar-refractivity contribution in [3.05, 3.63) is 77.3 Å². The summed E-state index contributed by atoms with van der Waals surface area (Å²) in [6, 6.07) is 19.3. The van der Waals surface area contributed by atoms with Crippen LogP contribution < -0.4 is 5.63 Å². The minimum absolute atomic E-state index is 0.324. The lowest BCUT2D eigenvalue weighted by molar-refractivity contribution is 0.561. The van der Waals surface area contributed by atoms with Crippen molar-refractivity contribution < 1.29 is 4.42 Å². The van der Waals surface area contributed by atoms with Crippen molar-refractivity contribution in [3.63, 3.8) is 0 Å². The number of benzene rings is 2. The normalized spacial score (nSPS) is 11.2. The van der Waals surface area contributed by atoms with Gasteiger partial charge in [0.05, 0.1) is 5.52 Å². The van der Waals surface area contributed by atoms with E-state index in [-0.39, 0.29) is 5.63 Å². The molecule has 20 heavy (non-hydrogen) atoms. The highest BCUT2D eigenvalue weighted by Gasteiger charge is 2.08. The molecule has 0 amide bonds. The lowest BCUT2D eigenvalue weighted by atomic mass is 10.1. The molecule has 0 radical (unpaired) electrons. The fraction of sp³-hybridized carbons (Fsp3) is 0. The average molecular weight is 261 g/mol.